The van der Waals surface area contributed by atoms with Gasteiger partial charge in [-0.25, -0.2) is 4.79 Å². The first-order chi connectivity index (χ1) is 8.00. The van der Waals surface area contributed by atoms with E-state index in [1.54, 1.807) is 11.8 Å². The molecule has 0 radical (unpaired) electrons. The summed E-state index contributed by atoms with van der Waals surface area (Å²) in [7, 11) is 0. The monoisotopic (exact) mass is 241 g/mol. The highest BCUT2D eigenvalue weighted by molar-refractivity contribution is 5.86. The van der Waals surface area contributed by atoms with Crippen molar-refractivity contribution in [3.63, 3.8) is 0 Å². The molecule has 5 nitrogen and oxygen atoms in total. The molecule has 0 aliphatic carbocycles. The van der Waals surface area contributed by atoms with Crippen molar-refractivity contribution < 1.29 is 9.59 Å². The first-order valence-corrected chi connectivity index (χ1v) is 6.34. The highest BCUT2D eigenvalue weighted by atomic mass is 16.2. The number of amides is 3. The van der Waals surface area contributed by atoms with Crippen LogP contribution in [0.15, 0.2) is 0 Å². The van der Waals surface area contributed by atoms with Gasteiger partial charge in [0.2, 0.25) is 5.91 Å². The number of urea groups is 1. The summed E-state index contributed by atoms with van der Waals surface area (Å²) in [5.41, 5.74) is 0. The van der Waals surface area contributed by atoms with Gasteiger partial charge in [-0.2, -0.15) is 0 Å². The SMILES string of the molecule is CC(C)CNC(=O)C(C)NC(=O)N1CCCC1. The molecular formula is C12H23N3O2. The maximum Gasteiger partial charge on any atom is 0.318 e. The van der Waals surface area contributed by atoms with Crippen molar-refractivity contribution >= 4 is 11.9 Å². The number of nitrogens with one attached hydrogen (secondary N) is 2. The van der Waals surface area contributed by atoms with Gasteiger partial charge in [-0.15, -0.1) is 0 Å². The van der Waals surface area contributed by atoms with E-state index in [1.165, 1.54) is 0 Å². The predicted molar refractivity (Wildman–Crippen MR) is 66.6 cm³/mol. The minimum atomic E-state index is -0.471. The fraction of sp³-hybridized carbons (Fsp3) is 0.833. The Balaban J connectivity index is 2.29. The van der Waals surface area contributed by atoms with Gasteiger partial charge < -0.3 is 15.5 Å². The fourth-order valence-electron chi connectivity index (χ4n) is 1.72. The summed E-state index contributed by atoms with van der Waals surface area (Å²) in [5, 5.41) is 5.53. The van der Waals surface area contributed by atoms with Crippen molar-refractivity contribution in [3.05, 3.63) is 0 Å². The highest BCUT2D eigenvalue weighted by Crippen LogP contribution is 2.07. The molecule has 1 rings (SSSR count). The quantitative estimate of drug-likeness (QED) is 0.770. The number of hydrogen-bond acceptors (Lipinski definition) is 2. The smallest absolute Gasteiger partial charge is 0.318 e. The molecule has 3 amide bonds. The zero-order valence-corrected chi connectivity index (χ0v) is 11.0. The van der Waals surface area contributed by atoms with Gasteiger partial charge in [-0.05, 0) is 25.7 Å². The molecule has 5 heteroatoms. The third kappa shape index (κ3) is 4.63. The molecule has 1 atom stereocenters. The van der Waals surface area contributed by atoms with E-state index < -0.39 is 6.04 Å². The number of carbonyl (C=O) groups is 2. The van der Waals surface area contributed by atoms with E-state index in [0.29, 0.717) is 12.5 Å². The van der Waals surface area contributed by atoms with E-state index >= 15 is 0 Å². The Labute approximate surface area is 103 Å². The summed E-state index contributed by atoms with van der Waals surface area (Å²) >= 11 is 0. The number of nitrogens with zero attached hydrogens (tertiary/aromatic N) is 1. The topological polar surface area (TPSA) is 61.4 Å². The van der Waals surface area contributed by atoms with Crippen LogP contribution in [0.1, 0.15) is 33.6 Å². The van der Waals surface area contributed by atoms with Crippen LogP contribution in [0, 0.1) is 5.92 Å². The van der Waals surface area contributed by atoms with Gasteiger partial charge in [0.1, 0.15) is 6.04 Å². The normalized spacial score (nSPS) is 17.1. The average Bonchev–Trinajstić information content (AvgIpc) is 2.78. The van der Waals surface area contributed by atoms with Crippen LogP contribution < -0.4 is 10.6 Å². The largest absolute Gasteiger partial charge is 0.354 e. The van der Waals surface area contributed by atoms with Crippen molar-refractivity contribution in [2.24, 2.45) is 5.92 Å². The Morgan fingerprint density at radius 3 is 2.29 bits per heavy atom. The molecular weight excluding hydrogens is 218 g/mol. The van der Waals surface area contributed by atoms with Crippen LogP contribution in [-0.2, 0) is 4.79 Å². The van der Waals surface area contributed by atoms with Crippen molar-refractivity contribution in [2.45, 2.75) is 39.7 Å². The lowest BCUT2D eigenvalue weighted by atomic mass is 10.2. The molecule has 0 saturated carbocycles. The molecule has 0 bridgehead atoms. The van der Waals surface area contributed by atoms with Gasteiger partial charge in [0.25, 0.3) is 0 Å². The maximum atomic E-state index is 11.7. The standard InChI is InChI=1S/C12H23N3O2/c1-9(2)8-13-11(16)10(3)14-12(17)15-6-4-5-7-15/h9-10H,4-8H2,1-3H3,(H,13,16)(H,14,17). The third-order valence-corrected chi connectivity index (χ3v) is 2.81. The zero-order chi connectivity index (χ0) is 12.8. The number of carbonyl (C=O) groups excluding carboxylic acids is 2. The lowest BCUT2D eigenvalue weighted by Gasteiger charge is -2.20. The highest BCUT2D eigenvalue weighted by Gasteiger charge is 2.21. The molecule has 0 spiro atoms. The Bertz CT molecular complexity index is 273. The molecule has 1 aliphatic heterocycles. The van der Waals surface area contributed by atoms with E-state index in [2.05, 4.69) is 10.6 Å². The van der Waals surface area contributed by atoms with Crippen molar-refractivity contribution in [2.75, 3.05) is 19.6 Å². The van der Waals surface area contributed by atoms with Gasteiger partial charge in [0.15, 0.2) is 0 Å². The first kappa shape index (κ1) is 13.8. The van der Waals surface area contributed by atoms with Crippen molar-refractivity contribution in [1.29, 1.82) is 0 Å². The number of hydrogen-bond donors (Lipinski definition) is 2. The zero-order valence-electron chi connectivity index (χ0n) is 11.0. The Hall–Kier alpha value is -1.26. The van der Waals surface area contributed by atoms with Gasteiger partial charge >= 0.3 is 6.03 Å². The molecule has 1 unspecified atom stereocenters. The summed E-state index contributed by atoms with van der Waals surface area (Å²) in [5.74, 6) is 0.298. The number of rotatable bonds is 4. The minimum Gasteiger partial charge on any atom is -0.354 e. The van der Waals surface area contributed by atoms with Crippen LogP contribution in [0.3, 0.4) is 0 Å². The lowest BCUT2D eigenvalue weighted by Crippen LogP contribution is -2.49. The first-order valence-electron chi connectivity index (χ1n) is 6.34. The molecule has 17 heavy (non-hydrogen) atoms. The van der Waals surface area contributed by atoms with Gasteiger partial charge in [0.05, 0.1) is 0 Å². The summed E-state index contributed by atoms with van der Waals surface area (Å²) in [6.45, 7) is 8.02. The van der Waals surface area contributed by atoms with Crippen LogP contribution in [0.2, 0.25) is 0 Å². The molecule has 98 valence electrons. The summed E-state index contributed by atoms with van der Waals surface area (Å²) in [4.78, 5) is 25.1. The van der Waals surface area contributed by atoms with Gasteiger partial charge in [0, 0.05) is 19.6 Å². The van der Waals surface area contributed by atoms with Gasteiger partial charge in [-0.3, -0.25) is 4.79 Å². The minimum absolute atomic E-state index is 0.119. The summed E-state index contributed by atoms with van der Waals surface area (Å²) in [6.07, 6.45) is 2.11. The molecule has 1 aliphatic rings. The Kier molecular flexibility index (Phi) is 5.25. The second kappa shape index (κ2) is 6.47. The van der Waals surface area contributed by atoms with Gasteiger partial charge in [-0.1, -0.05) is 13.8 Å². The summed E-state index contributed by atoms with van der Waals surface area (Å²) < 4.78 is 0. The van der Waals surface area contributed by atoms with E-state index in [9.17, 15) is 9.59 Å². The molecule has 0 aromatic carbocycles. The van der Waals surface area contributed by atoms with E-state index in [4.69, 9.17) is 0 Å². The molecule has 1 heterocycles. The van der Waals surface area contributed by atoms with Crippen molar-refractivity contribution in [1.82, 2.24) is 15.5 Å². The molecule has 1 fully saturated rings. The van der Waals surface area contributed by atoms with Crippen molar-refractivity contribution in [3.8, 4) is 0 Å². The van der Waals surface area contributed by atoms with Crippen LogP contribution in [0.4, 0.5) is 4.79 Å². The van der Waals surface area contributed by atoms with E-state index in [0.717, 1.165) is 25.9 Å². The second-order valence-corrected chi connectivity index (χ2v) is 5.00. The molecule has 0 aromatic rings. The predicted octanol–water partition coefficient (Wildman–Crippen LogP) is 0.952. The van der Waals surface area contributed by atoms with Crippen LogP contribution in [-0.4, -0.2) is 42.5 Å². The Morgan fingerprint density at radius 1 is 1.18 bits per heavy atom. The Morgan fingerprint density at radius 2 is 1.76 bits per heavy atom. The molecule has 1 saturated heterocycles. The summed E-state index contributed by atoms with van der Waals surface area (Å²) in [6, 6.07) is -0.600. The second-order valence-electron chi connectivity index (χ2n) is 5.00. The molecule has 0 aromatic heterocycles. The van der Waals surface area contributed by atoms with E-state index in [-0.39, 0.29) is 11.9 Å². The van der Waals surface area contributed by atoms with E-state index in [1.807, 2.05) is 13.8 Å². The molecule has 2 N–H and O–H groups in total. The third-order valence-electron chi connectivity index (χ3n) is 2.81. The van der Waals surface area contributed by atoms with Crippen LogP contribution in [0.5, 0.6) is 0 Å². The number of likely N-dealkylation sites (tertiary alicyclic amines) is 1. The lowest BCUT2D eigenvalue weighted by molar-refractivity contribution is -0.122. The average molecular weight is 241 g/mol. The fourth-order valence-corrected chi connectivity index (χ4v) is 1.72. The van der Waals surface area contributed by atoms with Crippen LogP contribution in [0.25, 0.3) is 0 Å². The maximum absolute atomic E-state index is 11.7. The van der Waals surface area contributed by atoms with Crippen LogP contribution >= 0.6 is 0 Å².